The molecule has 0 aromatic heterocycles. The maximum Gasteiger partial charge on any atom is 0.343 e. The van der Waals surface area contributed by atoms with E-state index in [1.54, 1.807) is 48.5 Å². The molecule has 142 valence electrons. The van der Waals surface area contributed by atoms with Gasteiger partial charge in [0.05, 0.1) is 11.1 Å². The second kappa shape index (κ2) is 9.04. The maximum atomic E-state index is 12.3. The van der Waals surface area contributed by atoms with Gasteiger partial charge in [0, 0.05) is 7.14 Å². The number of hydrogen-bond acceptors (Lipinski definition) is 4. The van der Waals surface area contributed by atoms with Crippen molar-refractivity contribution in [1.82, 2.24) is 0 Å². The molecule has 0 aliphatic heterocycles. The van der Waals surface area contributed by atoms with Gasteiger partial charge >= 0.3 is 11.9 Å². The molecule has 0 heterocycles. The topological polar surface area (TPSA) is 52.6 Å². The Kier molecular flexibility index (Phi) is 6.71. The lowest BCUT2D eigenvalue weighted by Crippen LogP contribution is -2.10. The standard InChI is InChI=1S/C22H16I2O4/c1-13-3-5-15(11-19(13)23)21(25)27-17-7-9-18(10-8-17)28-22(26)16-6-4-14(2)20(24)12-16/h3-12H,1-2H3. The van der Waals surface area contributed by atoms with Crippen molar-refractivity contribution in [1.29, 1.82) is 0 Å². The average molecular weight is 598 g/mol. The van der Waals surface area contributed by atoms with Gasteiger partial charge in [-0.15, -0.1) is 0 Å². The molecule has 6 heteroatoms. The number of carbonyl (C=O) groups excluding carboxylic acids is 2. The summed E-state index contributed by atoms with van der Waals surface area (Å²) in [5.74, 6) is -0.107. The van der Waals surface area contributed by atoms with Crippen molar-refractivity contribution >= 4 is 57.1 Å². The van der Waals surface area contributed by atoms with Gasteiger partial charge in [0.25, 0.3) is 0 Å². The summed E-state index contributed by atoms with van der Waals surface area (Å²) in [6, 6.07) is 17.2. The summed E-state index contributed by atoms with van der Waals surface area (Å²) in [6.45, 7) is 3.96. The minimum atomic E-state index is -0.433. The average Bonchev–Trinajstić information content (AvgIpc) is 2.67. The third kappa shape index (κ3) is 5.11. The van der Waals surface area contributed by atoms with Crippen molar-refractivity contribution < 1.29 is 19.1 Å². The largest absolute Gasteiger partial charge is 0.423 e. The van der Waals surface area contributed by atoms with Crippen LogP contribution in [0, 0.1) is 21.0 Å². The Balaban J connectivity index is 1.65. The molecule has 3 rings (SSSR count). The van der Waals surface area contributed by atoms with E-state index in [4.69, 9.17) is 9.47 Å². The molecule has 0 N–H and O–H groups in total. The van der Waals surface area contributed by atoms with Gasteiger partial charge in [-0.25, -0.2) is 9.59 Å². The Labute approximate surface area is 190 Å². The van der Waals surface area contributed by atoms with E-state index in [-0.39, 0.29) is 0 Å². The third-order valence-electron chi connectivity index (χ3n) is 4.06. The van der Waals surface area contributed by atoms with Crippen LogP contribution in [0.15, 0.2) is 60.7 Å². The lowest BCUT2D eigenvalue weighted by molar-refractivity contribution is 0.0719. The molecule has 0 amide bonds. The first-order chi connectivity index (χ1) is 13.3. The Morgan fingerprint density at radius 1 is 0.643 bits per heavy atom. The van der Waals surface area contributed by atoms with E-state index >= 15 is 0 Å². The van der Waals surface area contributed by atoms with E-state index in [1.807, 2.05) is 26.0 Å². The molecule has 28 heavy (non-hydrogen) atoms. The van der Waals surface area contributed by atoms with Crippen molar-refractivity contribution in [2.45, 2.75) is 13.8 Å². The zero-order valence-corrected chi connectivity index (χ0v) is 19.5. The predicted octanol–water partition coefficient (Wildman–Crippen LogP) is 5.95. The predicted molar refractivity (Wildman–Crippen MR) is 124 cm³/mol. The number of carbonyl (C=O) groups is 2. The molecule has 0 spiro atoms. The van der Waals surface area contributed by atoms with Crippen LogP contribution in [0.1, 0.15) is 31.8 Å². The van der Waals surface area contributed by atoms with Crippen LogP contribution in [0.4, 0.5) is 0 Å². The summed E-state index contributed by atoms with van der Waals surface area (Å²) in [5, 5.41) is 0. The van der Waals surface area contributed by atoms with E-state index in [0.717, 1.165) is 18.3 Å². The highest BCUT2D eigenvalue weighted by molar-refractivity contribution is 14.1. The van der Waals surface area contributed by atoms with E-state index in [0.29, 0.717) is 22.6 Å². The molecule has 0 bridgehead atoms. The number of rotatable bonds is 4. The molecule has 0 radical (unpaired) electrons. The highest BCUT2D eigenvalue weighted by atomic mass is 127. The monoisotopic (exact) mass is 598 g/mol. The number of esters is 2. The number of benzene rings is 3. The quantitative estimate of drug-likeness (QED) is 0.212. The minimum absolute atomic E-state index is 0.380. The van der Waals surface area contributed by atoms with E-state index in [9.17, 15) is 9.59 Å². The first-order valence-corrected chi connectivity index (χ1v) is 10.6. The molecule has 0 saturated carbocycles. The molecule has 3 aromatic rings. The lowest BCUT2D eigenvalue weighted by Gasteiger charge is -2.08. The van der Waals surface area contributed by atoms with E-state index in [2.05, 4.69) is 45.2 Å². The Hall–Kier alpha value is -1.94. The van der Waals surface area contributed by atoms with Gasteiger partial charge in [-0.1, -0.05) is 12.1 Å². The van der Waals surface area contributed by atoms with Crippen LogP contribution in [0.25, 0.3) is 0 Å². The van der Waals surface area contributed by atoms with Crippen molar-refractivity contribution in [3.05, 3.63) is 90.1 Å². The fraction of sp³-hybridized carbons (Fsp3) is 0.0909. The van der Waals surface area contributed by atoms with E-state index in [1.165, 1.54) is 0 Å². The highest BCUT2D eigenvalue weighted by Gasteiger charge is 2.12. The second-order valence-corrected chi connectivity index (χ2v) is 8.50. The summed E-state index contributed by atoms with van der Waals surface area (Å²) in [6.07, 6.45) is 0. The zero-order chi connectivity index (χ0) is 20.3. The van der Waals surface area contributed by atoms with Crippen molar-refractivity contribution in [3.8, 4) is 11.5 Å². The normalized spacial score (nSPS) is 10.4. The number of aryl methyl sites for hydroxylation is 2. The smallest absolute Gasteiger partial charge is 0.343 e. The summed E-state index contributed by atoms with van der Waals surface area (Å²) >= 11 is 4.36. The van der Waals surface area contributed by atoms with Crippen LogP contribution in [0.2, 0.25) is 0 Å². The first kappa shape index (κ1) is 20.8. The minimum Gasteiger partial charge on any atom is -0.423 e. The van der Waals surface area contributed by atoms with Gasteiger partial charge in [-0.05, 0) is 119 Å². The van der Waals surface area contributed by atoms with Crippen molar-refractivity contribution in [2.24, 2.45) is 0 Å². The van der Waals surface area contributed by atoms with Crippen LogP contribution in [0.3, 0.4) is 0 Å². The molecule has 0 unspecified atom stereocenters. The van der Waals surface area contributed by atoms with Crippen molar-refractivity contribution in [2.75, 3.05) is 0 Å². The van der Waals surface area contributed by atoms with Crippen LogP contribution < -0.4 is 9.47 Å². The summed E-state index contributed by atoms with van der Waals surface area (Å²) < 4.78 is 12.8. The SMILES string of the molecule is Cc1ccc(C(=O)Oc2ccc(OC(=O)c3ccc(C)c(I)c3)cc2)cc1I. The molecular weight excluding hydrogens is 582 g/mol. The van der Waals surface area contributed by atoms with Gasteiger partial charge in [-0.3, -0.25) is 0 Å². The second-order valence-electron chi connectivity index (χ2n) is 6.18. The molecule has 0 atom stereocenters. The highest BCUT2D eigenvalue weighted by Crippen LogP contribution is 2.21. The number of hydrogen-bond donors (Lipinski definition) is 0. The van der Waals surface area contributed by atoms with Crippen LogP contribution in [-0.4, -0.2) is 11.9 Å². The molecular formula is C22H16I2O4. The van der Waals surface area contributed by atoms with Crippen LogP contribution in [0.5, 0.6) is 11.5 Å². The Bertz CT molecular complexity index is 958. The Morgan fingerprint density at radius 3 is 1.32 bits per heavy atom. The summed E-state index contributed by atoms with van der Waals surface area (Å²) in [5.41, 5.74) is 3.18. The van der Waals surface area contributed by atoms with Gasteiger partial charge in [-0.2, -0.15) is 0 Å². The molecule has 0 saturated heterocycles. The zero-order valence-electron chi connectivity index (χ0n) is 15.2. The van der Waals surface area contributed by atoms with Gasteiger partial charge in [0.2, 0.25) is 0 Å². The molecule has 4 nitrogen and oxygen atoms in total. The molecule has 0 fully saturated rings. The van der Waals surface area contributed by atoms with Gasteiger partial charge < -0.3 is 9.47 Å². The fourth-order valence-corrected chi connectivity index (χ4v) is 3.38. The molecule has 0 aliphatic rings. The fourth-order valence-electron chi connectivity index (χ4n) is 2.35. The number of ether oxygens (including phenoxy) is 2. The lowest BCUT2D eigenvalue weighted by atomic mass is 10.1. The first-order valence-electron chi connectivity index (χ1n) is 8.40. The summed E-state index contributed by atoms with van der Waals surface area (Å²) in [7, 11) is 0. The Morgan fingerprint density at radius 2 is 1.00 bits per heavy atom. The van der Waals surface area contributed by atoms with Crippen molar-refractivity contribution in [3.63, 3.8) is 0 Å². The summed E-state index contributed by atoms with van der Waals surface area (Å²) in [4.78, 5) is 24.5. The van der Waals surface area contributed by atoms with Gasteiger partial charge in [0.15, 0.2) is 0 Å². The molecule has 0 aliphatic carbocycles. The maximum absolute atomic E-state index is 12.3. The van der Waals surface area contributed by atoms with Crippen LogP contribution in [-0.2, 0) is 0 Å². The van der Waals surface area contributed by atoms with Crippen LogP contribution >= 0.6 is 45.2 Å². The molecule has 3 aromatic carbocycles. The van der Waals surface area contributed by atoms with E-state index < -0.39 is 11.9 Å². The van der Waals surface area contributed by atoms with Gasteiger partial charge in [0.1, 0.15) is 11.5 Å². The third-order valence-corrected chi connectivity index (χ3v) is 6.38. The number of halogens is 2.